The maximum absolute atomic E-state index is 12.7. The van der Waals surface area contributed by atoms with Gasteiger partial charge in [0.25, 0.3) is 5.69 Å². The Balaban J connectivity index is 2.17. The van der Waals surface area contributed by atoms with Crippen LogP contribution >= 0.6 is 11.8 Å². The highest BCUT2D eigenvalue weighted by Crippen LogP contribution is 2.43. The van der Waals surface area contributed by atoms with Crippen LogP contribution in [0.15, 0.2) is 40.5 Å². The van der Waals surface area contributed by atoms with Crippen molar-refractivity contribution in [2.24, 2.45) is 4.99 Å². The van der Waals surface area contributed by atoms with E-state index in [1.54, 1.807) is 26.8 Å². The number of hydrogen-bond acceptors (Lipinski definition) is 7. The summed E-state index contributed by atoms with van der Waals surface area (Å²) in [6, 6.07) is 5.14. The lowest BCUT2D eigenvalue weighted by Gasteiger charge is -2.32. The monoisotopic (exact) mass is 375 g/mol. The molecule has 2 heterocycles. The van der Waals surface area contributed by atoms with Gasteiger partial charge >= 0.3 is 5.97 Å². The number of rotatable bonds is 4. The first-order valence-corrected chi connectivity index (χ1v) is 8.93. The molecule has 3 rings (SSSR count). The fraction of sp³-hybridized carbons (Fsp3) is 0.353. The average molecular weight is 375 g/mol. The number of non-ortho nitro benzene ring substituents is 1. The fourth-order valence-corrected chi connectivity index (χ4v) is 4.03. The van der Waals surface area contributed by atoms with Crippen molar-refractivity contribution in [3.63, 3.8) is 0 Å². The first-order chi connectivity index (χ1) is 12.3. The molecule has 1 fully saturated rings. The van der Waals surface area contributed by atoms with Crippen molar-refractivity contribution in [1.29, 1.82) is 0 Å². The van der Waals surface area contributed by atoms with E-state index in [2.05, 4.69) is 4.99 Å². The van der Waals surface area contributed by atoms with E-state index in [1.807, 2.05) is 0 Å². The Morgan fingerprint density at radius 1 is 1.46 bits per heavy atom. The molecule has 136 valence electrons. The predicted molar refractivity (Wildman–Crippen MR) is 96.5 cm³/mol. The molecule has 0 spiro atoms. The molecule has 0 saturated carbocycles. The number of nitro groups is 1. The maximum atomic E-state index is 12.7. The van der Waals surface area contributed by atoms with Crippen LogP contribution in [0, 0.1) is 10.1 Å². The van der Waals surface area contributed by atoms with E-state index in [0.717, 1.165) is 0 Å². The lowest BCUT2D eigenvalue weighted by molar-refractivity contribution is -0.384. The van der Waals surface area contributed by atoms with Crippen molar-refractivity contribution >= 4 is 34.5 Å². The number of allylic oxidation sites excluding steroid dienone is 1. The van der Waals surface area contributed by atoms with Crippen molar-refractivity contribution in [2.45, 2.75) is 32.1 Å². The first-order valence-electron chi connectivity index (χ1n) is 8.05. The molecule has 1 saturated heterocycles. The quantitative estimate of drug-likeness (QED) is 0.455. The highest BCUT2D eigenvalue weighted by molar-refractivity contribution is 8.15. The van der Waals surface area contributed by atoms with Gasteiger partial charge in [0.05, 0.1) is 34.1 Å². The summed E-state index contributed by atoms with van der Waals surface area (Å²) in [6.07, 6.45) is 0. The predicted octanol–water partition coefficient (Wildman–Crippen LogP) is 2.81. The van der Waals surface area contributed by atoms with Crippen LogP contribution in [0.2, 0.25) is 0 Å². The number of fused-ring (bicyclic) bond motifs is 1. The molecule has 0 aromatic heterocycles. The number of aliphatic imine (C=N–C) groups is 1. The zero-order valence-electron chi connectivity index (χ0n) is 14.5. The molecule has 8 nitrogen and oxygen atoms in total. The SMILES string of the molecule is CCOC(=O)C1=C(C)N=C2S[C@@H](C)C(=O)N2[C@H]1c1cccc([N+](=O)[O-])c1. The summed E-state index contributed by atoms with van der Waals surface area (Å²) in [7, 11) is 0. The molecule has 0 N–H and O–H groups in total. The minimum absolute atomic E-state index is 0.111. The van der Waals surface area contributed by atoms with E-state index in [4.69, 9.17) is 4.74 Å². The molecular weight excluding hydrogens is 358 g/mol. The number of amidine groups is 1. The van der Waals surface area contributed by atoms with E-state index >= 15 is 0 Å². The Labute approximate surface area is 154 Å². The fourth-order valence-electron chi connectivity index (χ4n) is 3.00. The number of benzene rings is 1. The van der Waals surface area contributed by atoms with Crippen LogP contribution in [-0.4, -0.2) is 38.7 Å². The lowest BCUT2D eigenvalue weighted by Crippen LogP contribution is -2.40. The number of amides is 1. The highest BCUT2D eigenvalue weighted by Gasteiger charge is 2.46. The molecule has 26 heavy (non-hydrogen) atoms. The van der Waals surface area contributed by atoms with Crippen LogP contribution in [-0.2, 0) is 14.3 Å². The van der Waals surface area contributed by atoms with Crippen LogP contribution < -0.4 is 0 Å². The third kappa shape index (κ3) is 2.98. The molecule has 2 aliphatic rings. The molecule has 2 aliphatic heterocycles. The Hall–Kier alpha value is -2.68. The topological polar surface area (TPSA) is 102 Å². The molecule has 0 unspecified atom stereocenters. The highest BCUT2D eigenvalue weighted by atomic mass is 32.2. The number of nitro benzene ring substituents is 1. The Kier molecular flexibility index (Phi) is 4.82. The van der Waals surface area contributed by atoms with Crippen molar-refractivity contribution in [3.05, 3.63) is 51.2 Å². The van der Waals surface area contributed by atoms with Crippen molar-refractivity contribution in [3.8, 4) is 0 Å². The Morgan fingerprint density at radius 2 is 2.19 bits per heavy atom. The van der Waals surface area contributed by atoms with Gasteiger partial charge in [-0.05, 0) is 26.3 Å². The van der Waals surface area contributed by atoms with Crippen molar-refractivity contribution < 1.29 is 19.2 Å². The summed E-state index contributed by atoms with van der Waals surface area (Å²) in [6.45, 7) is 5.30. The van der Waals surface area contributed by atoms with Gasteiger partial charge in [0.2, 0.25) is 5.91 Å². The maximum Gasteiger partial charge on any atom is 0.338 e. The molecule has 9 heteroatoms. The van der Waals surface area contributed by atoms with Gasteiger partial charge in [-0.1, -0.05) is 23.9 Å². The third-order valence-electron chi connectivity index (χ3n) is 4.15. The third-order valence-corrected chi connectivity index (χ3v) is 5.20. The van der Waals surface area contributed by atoms with Crippen LogP contribution in [0.3, 0.4) is 0 Å². The summed E-state index contributed by atoms with van der Waals surface area (Å²) in [5.74, 6) is -0.777. The van der Waals surface area contributed by atoms with E-state index in [-0.39, 0.29) is 29.0 Å². The summed E-state index contributed by atoms with van der Waals surface area (Å²) < 4.78 is 5.15. The standard InChI is InChI=1S/C17H17N3O5S/c1-4-25-16(22)13-9(2)18-17-19(15(21)10(3)26-17)14(13)11-6-5-7-12(8-11)20(23)24/h5-8,10,14H,4H2,1-3H3/t10-,14-/m0/s1. The van der Waals surface area contributed by atoms with Gasteiger partial charge < -0.3 is 4.74 Å². The number of nitrogens with zero attached hydrogens (tertiary/aromatic N) is 3. The van der Waals surface area contributed by atoms with Crippen LogP contribution in [0.25, 0.3) is 0 Å². The number of carbonyl (C=O) groups excluding carboxylic acids is 2. The summed E-state index contributed by atoms with van der Waals surface area (Å²) in [5, 5.41) is 11.3. The van der Waals surface area contributed by atoms with Crippen molar-refractivity contribution in [1.82, 2.24) is 4.90 Å². The second kappa shape index (κ2) is 6.91. The largest absolute Gasteiger partial charge is 0.463 e. The molecule has 0 aliphatic carbocycles. The second-order valence-electron chi connectivity index (χ2n) is 5.84. The lowest BCUT2D eigenvalue weighted by atomic mass is 9.94. The van der Waals surface area contributed by atoms with Gasteiger partial charge in [-0.15, -0.1) is 0 Å². The van der Waals surface area contributed by atoms with Gasteiger partial charge in [-0.25, -0.2) is 9.79 Å². The minimum Gasteiger partial charge on any atom is -0.463 e. The summed E-state index contributed by atoms with van der Waals surface area (Å²) in [5.41, 5.74) is 1.02. The Bertz CT molecular complexity index is 864. The van der Waals surface area contributed by atoms with Crippen molar-refractivity contribution in [2.75, 3.05) is 6.61 Å². The van der Waals surface area contributed by atoms with Crippen LogP contribution in [0.5, 0.6) is 0 Å². The van der Waals surface area contributed by atoms with E-state index < -0.39 is 16.9 Å². The van der Waals surface area contributed by atoms with Crippen LogP contribution in [0.1, 0.15) is 32.4 Å². The summed E-state index contributed by atoms with van der Waals surface area (Å²) >= 11 is 1.30. The van der Waals surface area contributed by atoms with Gasteiger partial charge in [0.15, 0.2) is 5.17 Å². The average Bonchev–Trinajstić information content (AvgIpc) is 2.87. The normalized spacial score (nSPS) is 22.2. The number of thioether (sulfide) groups is 1. The Morgan fingerprint density at radius 3 is 2.85 bits per heavy atom. The molecule has 0 radical (unpaired) electrons. The molecular formula is C17H17N3O5S. The first kappa shape index (κ1) is 18.1. The molecule has 1 aromatic rings. The number of hydrogen-bond donors (Lipinski definition) is 0. The number of ether oxygens (including phenoxy) is 1. The minimum atomic E-state index is -0.800. The van der Waals surface area contributed by atoms with Gasteiger partial charge in [0, 0.05) is 12.1 Å². The van der Waals surface area contributed by atoms with Gasteiger partial charge in [0.1, 0.15) is 0 Å². The van der Waals surface area contributed by atoms with E-state index in [1.165, 1.54) is 34.9 Å². The molecule has 2 atom stereocenters. The molecule has 1 aromatic carbocycles. The molecule has 1 amide bonds. The molecule has 0 bridgehead atoms. The smallest absolute Gasteiger partial charge is 0.338 e. The van der Waals surface area contributed by atoms with Crippen LogP contribution in [0.4, 0.5) is 5.69 Å². The van der Waals surface area contributed by atoms with E-state index in [0.29, 0.717) is 16.4 Å². The number of carbonyl (C=O) groups is 2. The second-order valence-corrected chi connectivity index (χ2v) is 7.14. The zero-order valence-corrected chi connectivity index (χ0v) is 15.3. The van der Waals surface area contributed by atoms with Gasteiger partial charge in [-0.2, -0.15) is 0 Å². The van der Waals surface area contributed by atoms with E-state index in [9.17, 15) is 19.7 Å². The van der Waals surface area contributed by atoms with Gasteiger partial charge in [-0.3, -0.25) is 19.8 Å². The summed E-state index contributed by atoms with van der Waals surface area (Å²) in [4.78, 5) is 41.7. The number of esters is 1. The zero-order chi connectivity index (χ0) is 19.0.